The third-order valence-corrected chi connectivity index (χ3v) is 3.85. The summed E-state index contributed by atoms with van der Waals surface area (Å²) >= 11 is 0. The first-order valence-corrected chi connectivity index (χ1v) is 7.44. The molecule has 3 rings (SSSR count). The van der Waals surface area contributed by atoms with Crippen LogP contribution in [0.3, 0.4) is 0 Å². The van der Waals surface area contributed by atoms with Gasteiger partial charge in [0.05, 0.1) is 19.8 Å². The molecule has 1 aromatic heterocycles. The minimum absolute atomic E-state index is 0. The van der Waals surface area contributed by atoms with Crippen molar-refractivity contribution >= 4 is 29.9 Å². The lowest BCUT2D eigenvalue weighted by Gasteiger charge is -2.17. The van der Waals surface area contributed by atoms with E-state index >= 15 is 0 Å². The van der Waals surface area contributed by atoms with Crippen LogP contribution in [0.1, 0.15) is 24.8 Å². The second-order valence-electron chi connectivity index (χ2n) is 5.62. The molecule has 0 bridgehead atoms. The standard InChI is InChI=1S/C15H22N4O2.HI/c1-19(12-2-3-12)15(16)18-9-11-4-6-17-14(8-11)21-13-5-7-20-10-13;/h4,6,8,12-13H,2-3,5,7,9-10H2,1H3,(H2,16,18);1H. The molecule has 1 saturated heterocycles. The highest BCUT2D eigenvalue weighted by atomic mass is 127. The molecule has 122 valence electrons. The predicted molar refractivity (Wildman–Crippen MR) is 95.6 cm³/mol. The van der Waals surface area contributed by atoms with Gasteiger partial charge in [-0.05, 0) is 24.5 Å². The van der Waals surface area contributed by atoms with Crippen LogP contribution in [0.25, 0.3) is 0 Å². The molecule has 2 N–H and O–H groups in total. The Morgan fingerprint density at radius 1 is 1.50 bits per heavy atom. The maximum Gasteiger partial charge on any atom is 0.213 e. The lowest BCUT2D eigenvalue weighted by Crippen LogP contribution is -2.35. The van der Waals surface area contributed by atoms with Gasteiger partial charge < -0.3 is 20.1 Å². The van der Waals surface area contributed by atoms with Crippen LogP contribution in [0.15, 0.2) is 23.3 Å². The predicted octanol–water partition coefficient (Wildman–Crippen LogP) is 1.78. The number of ether oxygens (including phenoxy) is 2. The largest absolute Gasteiger partial charge is 0.472 e. The van der Waals surface area contributed by atoms with Gasteiger partial charge >= 0.3 is 0 Å². The first-order chi connectivity index (χ1) is 10.2. The van der Waals surface area contributed by atoms with E-state index in [4.69, 9.17) is 15.2 Å². The molecule has 1 aliphatic carbocycles. The summed E-state index contributed by atoms with van der Waals surface area (Å²) in [5.41, 5.74) is 7.04. The topological polar surface area (TPSA) is 73.0 Å². The Hall–Kier alpha value is -1.09. The van der Waals surface area contributed by atoms with Crippen LogP contribution in [-0.2, 0) is 11.3 Å². The maximum atomic E-state index is 5.99. The molecule has 0 radical (unpaired) electrons. The molecule has 0 amide bonds. The van der Waals surface area contributed by atoms with Gasteiger partial charge in [-0.1, -0.05) is 0 Å². The van der Waals surface area contributed by atoms with Gasteiger partial charge in [-0.15, -0.1) is 24.0 Å². The zero-order valence-corrected chi connectivity index (χ0v) is 15.1. The first kappa shape index (κ1) is 17.3. The average Bonchev–Trinajstić information content (AvgIpc) is 3.23. The fraction of sp³-hybridized carbons (Fsp3) is 0.600. The van der Waals surface area contributed by atoms with Crippen LogP contribution < -0.4 is 10.5 Å². The highest BCUT2D eigenvalue weighted by molar-refractivity contribution is 14.0. The number of nitrogens with two attached hydrogens (primary N) is 1. The van der Waals surface area contributed by atoms with Crippen LogP contribution in [0, 0.1) is 0 Å². The Balaban J connectivity index is 0.00000176. The molecule has 7 heteroatoms. The molecule has 1 unspecified atom stereocenters. The molecule has 0 aromatic carbocycles. The first-order valence-electron chi connectivity index (χ1n) is 7.44. The van der Waals surface area contributed by atoms with Gasteiger partial charge in [0.2, 0.25) is 5.88 Å². The molecule has 6 nitrogen and oxygen atoms in total. The Labute approximate surface area is 148 Å². The number of hydrogen-bond donors (Lipinski definition) is 1. The molecule has 2 heterocycles. The number of hydrogen-bond acceptors (Lipinski definition) is 4. The van der Waals surface area contributed by atoms with Crippen molar-refractivity contribution in [3.05, 3.63) is 23.9 Å². The third kappa shape index (κ3) is 4.70. The summed E-state index contributed by atoms with van der Waals surface area (Å²) in [4.78, 5) is 10.7. The fourth-order valence-corrected chi connectivity index (χ4v) is 2.32. The van der Waals surface area contributed by atoms with Crippen molar-refractivity contribution in [1.29, 1.82) is 0 Å². The lowest BCUT2D eigenvalue weighted by atomic mass is 10.2. The highest BCUT2D eigenvalue weighted by Crippen LogP contribution is 2.25. The van der Waals surface area contributed by atoms with Crippen LogP contribution in [-0.4, -0.2) is 48.3 Å². The van der Waals surface area contributed by atoms with E-state index < -0.39 is 0 Å². The quantitative estimate of drug-likeness (QED) is 0.449. The zero-order chi connectivity index (χ0) is 14.7. The number of aliphatic imine (C=N–C) groups is 1. The van der Waals surface area contributed by atoms with E-state index in [2.05, 4.69) is 14.9 Å². The van der Waals surface area contributed by atoms with E-state index in [0.29, 0.717) is 31.0 Å². The van der Waals surface area contributed by atoms with Crippen LogP contribution >= 0.6 is 24.0 Å². The Morgan fingerprint density at radius 2 is 2.32 bits per heavy atom. The van der Waals surface area contributed by atoms with Crippen molar-refractivity contribution in [2.45, 2.75) is 38.0 Å². The van der Waals surface area contributed by atoms with Gasteiger partial charge in [0.25, 0.3) is 0 Å². The molecule has 1 aromatic rings. The van der Waals surface area contributed by atoms with Crippen molar-refractivity contribution < 1.29 is 9.47 Å². The van der Waals surface area contributed by atoms with E-state index in [-0.39, 0.29) is 30.1 Å². The van der Waals surface area contributed by atoms with Gasteiger partial charge in [-0.3, -0.25) is 0 Å². The second-order valence-corrected chi connectivity index (χ2v) is 5.62. The number of guanidine groups is 1. The minimum Gasteiger partial charge on any atom is -0.472 e. The molecule has 22 heavy (non-hydrogen) atoms. The summed E-state index contributed by atoms with van der Waals surface area (Å²) in [5.74, 6) is 1.23. The minimum atomic E-state index is 0. The van der Waals surface area contributed by atoms with Crippen molar-refractivity contribution in [1.82, 2.24) is 9.88 Å². The van der Waals surface area contributed by atoms with Crippen molar-refractivity contribution in [3.63, 3.8) is 0 Å². The number of nitrogens with zero attached hydrogens (tertiary/aromatic N) is 3. The molecule has 2 fully saturated rings. The van der Waals surface area contributed by atoms with E-state index in [0.717, 1.165) is 18.6 Å². The highest BCUT2D eigenvalue weighted by Gasteiger charge is 2.27. The average molecular weight is 418 g/mol. The SMILES string of the molecule is CN(C(N)=NCc1ccnc(OC2CCOC2)c1)C1CC1.I. The molecule has 2 aliphatic rings. The van der Waals surface area contributed by atoms with Gasteiger partial charge in [0.15, 0.2) is 5.96 Å². The fourth-order valence-electron chi connectivity index (χ4n) is 2.32. The monoisotopic (exact) mass is 418 g/mol. The summed E-state index contributed by atoms with van der Waals surface area (Å²) in [6, 6.07) is 4.44. The number of pyridine rings is 1. The van der Waals surface area contributed by atoms with Crippen LogP contribution in [0.4, 0.5) is 0 Å². The van der Waals surface area contributed by atoms with Crippen LogP contribution in [0.2, 0.25) is 0 Å². The summed E-state index contributed by atoms with van der Waals surface area (Å²) in [6.45, 7) is 1.95. The Bertz CT molecular complexity index is 516. The number of rotatable bonds is 5. The van der Waals surface area contributed by atoms with Crippen LogP contribution in [0.5, 0.6) is 5.88 Å². The Kier molecular flexibility index (Phi) is 6.25. The van der Waals surface area contributed by atoms with E-state index in [1.165, 1.54) is 12.8 Å². The van der Waals surface area contributed by atoms with Crippen molar-refractivity contribution in [2.24, 2.45) is 10.7 Å². The van der Waals surface area contributed by atoms with E-state index in [1.807, 2.05) is 19.2 Å². The number of aromatic nitrogens is 1. The summed E-state index contributed by atoms with van der Waals surface area (Å²) in [5, 5.41) is 0. The molecule has 0 spiro atoms. The maximum absolute atomic E-state index is 5.99. The summed E-state index contributed by atoms with van der Waals surface area (Å²) in [6.07, 6.45) is 5.20. The lowest BCUT2D eigenvalue weighted by molar-refractivity contribution is 0.138. The molecular weight excluding hydrogens is 395 g/mol. The van der Waals surface area contributed by atoms with Gasteiger partial charge in [-0.2, -0.15) is 0 Å². The molecule has 1 atom stereocenters. The summed E-state index contributed by atoms with van der Waals surface area (Å²) in [7, 11) is 2.00. The Morgan fingerprint density at radius 3 is 3.00 bits per heavy atom. The van der Waals surface area contributed by atoms with E-state index in [1.54, 1.807) is 6.20 Å². The summed E-state index contributed by atoms with van der Waals surface area (Å²) < 4.78 is 11.1. The van der Waals surface area contributed by atoms with Crippen molar-refractivity contribution in [3.8, 4) is 5.88 Å². The van der Waals surface area contributed by atoms with Gasteiger partial charge in [0.1, 0.15) is 6.10 Å². The normalized spacial score (nSPS) is 21.3. The zero-order valence-electron chi connectivity index (χ0n) is 12.8. The van der Waals surface area contributed by atoms with Gasteiger partial charge in [-0.25, -0.2) is 9.98 Å². The number of halogens is 1. The smallest absolute Gasteiger partial charge is 0.213 e. The molecule has 1 saturated carbocycles. The molecular formula is C15H23IN4O2. The molecule has 1 aliphatic heterocycles. The third-order valence-electron chi connectivity index (χ3n) is 3.85. The second kappa shape index (κ2) is 7.96. The van der Waals surface area contributed by atoms with Gasteiger partial charge in [0, 0.05) is 31.8 Å². The van der Waals surface area contributed by atoms with E-state index in [9.17, 15) is 0 Å². The van der Waals surface area contributed by atoms with Crippen molar-refractivity contribution in [2.75, 3.05) is 20.3 Å².